The van der Waals surface area contributed by atoms with Crippen molar-refractivity contribution < 1.29 is 13.6 Å². The summed E-state index contributed by atoms with van der Waals surface area (Å²) in [6, 6.07) is 6.61. The number of benzene rings is 1. The molecule has 0 spiro atoms. The largest absolute Gasteiger partial charge is 0.755 e. The van der Waals surface area contributed by atoms with E-state index in [2.05, 4.69) is 4.72 Å². The van der Waals surface area contributed by atoms with Gasteiger partial charge in [-0.1, -0.05) is 12.1 Å². The van der Waals surface area contributed by atoms with E-state index in [9.17, 15) is 13.6 Å². The van der Waals surface area contributed by atoms with E-state index in [-0.39, 0.29) is 0 Å². The van der Waals surface area contributed by atoms with Crippen molar-refractivity contribution in [1.29, 1.82) is 0 Å². The normalized spacial score (nSPS) is 12.1. The first-order valence-corrected chi connectivity index (χ1v) is 4.68. The fourth-order valence-corrected chi connectivity index (χ4v) is 1.23. The molecule has 13 heavy (non-hydrogen) atoms. The summed E-state index contributed by atoms with van der Waals surface area (Å²) < 4.78 is 22.6. The van der Waals surface area contributed by atoms with Crippen LogP contribution in [0.3, 0.4) is 0 Å². The van der Waals surface area contributed by atoms with Gasteiger partial charge in [-0.25, -0.2) is 0 Å². The predicted molar refractivity (Wildman–Crippen MR) is 48.8 cm³/mol. The van der Waals surface area contributed by atoms with Gasteiger partial charge in [-0.2, -0.15) is 0 Å². The monoisotopic (exact) mass is 198 g/mol. The Kier molecular flexibility index (Phi) is 3.60. The summed E-state index contributed by atoms with van der Waals surface area (Å²) in [5.74, 6) is 0. The van der Waals surface area contributed by atoms with Crippen LogP contribution < -0.4 is 4.72 Å². The second-order valence-corrected chi connectivity index (χ2v) is 3.08. The van der Waals surface area contributed by atoms with Crippen LogP contribution in [-0.2, 0) is 22.5 Å². The van der Waals surface area contributed by atoms with Crippen LogP contribution in [0.4, 0.5) is 5.69 Å². The summed E-state index contributed by atoms with van der Waals surface area (Å²) in [5.41, 5.74) is 1.35. The lowest BCUT2D eigenvalue weighted by Gasteiger charge is -2.08. The van der Waals surface area contributed by atoms with Crippen molar-refractivity contribution in [3.63, 3.8) is 0 Å². The number of hydrogen-bond donors (Lipinski definition) is 1. The van der Waals surface area contributed by atoms with Crippen molar-refractivity contribution in [3.05, 3.63) is 29.8 Å². The van der Waals surface area contributed by atoms with Gasteiger partial charge in [0.05, 0.1) is 0 Å². The second-order valence-electron chi connectivity index (χ2n) is 2.40. The zero-order valence-electron chi connectivity index (χ0n) is 6.73. The van der Waals surface area contributed by atoms with Crippen LogP contribution in [0.5, 0.6) is 0 Å². The lowest BCUT2D eigenvalue weighted by molar-refractivity contribution is -0.107. The molecule has 0 radical (unpaired) electrons. The van der Waals surface area contributed by atoms with E-state index in [0.29, 0.717) is 12.1 Å². The van der Waals surface area contributed by atoms with Gasteiger partial charge < -0.3 is 14.1 Å². The highest BCUT2D eigenvalue weighted by Crippen LogP contribution is 2.09. The Morgan fingerprint density at radius 2 is 2.00 bits per heavy atom. The van der Waals surface area contributed by atoms with Gasteiger partial charge in [0.1, 0.15) is 6.29 Å². The molecule has 1 aromatic rings. The summed E-state index contributed by atoms with van der Waals surface area (Å²) in [5, 5.41) is 0. The third kappa shape index (κ3) is 3.35. The van der Waals surface area contributed by atoms with Crippen molar-refractivity contribution in [2.75, 3.05) is 4.72 Å². The van der Waals surface area contributed by atoms with Crippen molar-refractivity contribution in [2.24, 2.45) is 0 Å². The molecule has 0 aliphatic carbocycles. The standard InChI is InChI=1S/C8H9NO3S/c10-6-5-7-1-3-8(4-2-7)9-13(11)12/h1-4,6,9H,5H2,(H,11,12)/p-1. The van der Waals surface area contributed by atoms with Gasteiger partial charge in [0.25, 0.3) is 0 Å². The molecule has 1 aromatic carbocycles. The van der Waals surface area contributed by atoms with Crippen LogP contribution >= 0.6 is 0 Å². The molecule has 1 atom stereocenters. The third-order valence-electron chi connectivity index (χ3n) is 1.47. The number of aldehydes is 1. The predicted octanol–water partition coefficient (Wildman–Crippen LogP) is 0.634. The Morgan fingerprint density at radius 3 is 2.46 bits per heavy atom. The maximum atomic E-state index is 10.2. The molecule has 0 amide bonds. The molecule has 70 valence electrons. The van der Waals surface area contributed by atoms with E-state index in [1.807, 2.05) is 0 Å². The van der Waals surface area contributed by atoms with Gasteiger partial charge in [-0.3, -0.25) is 4.21 Å². The van der Waals surface area contributed by atoms with E-state index in [1.165, 1.54) is 0 Å². The van der Waals surface area contributed by atoms with Crippen LogP contribution in [0.2, 0.25) is 0 Å². The van der Waals surface area contributed by atoms with E-state index in [1.54, 1.807) is 24.3 Å². The number of hydrogen-bond acceptors (Lipinski definition) is 3. The van der Waals surface area contributed by atoms with Crippen molar-refractivity contribution in [3.8, 4) is 0 Å². The van der Waals surface area contributed by atoms with Gasteiger partial charge in [-0.15, -0.1) is 0 Å². The maximum absolute atomic E-state index is 10.2. The first kappa shape index (κ1) is 9.88. The second kappa shape index (κ2) is 4.74. The molecule has 0 bridgehead atoms. The summed E-state index contributed by atoms with van der Waals surface area (Å²) in [7, 11) is 0. The van der Waals surface area contributed by atoms with Gasteiger partial charge in [0.2, 0.25) is 0 Å². The Hall–Kier alpha value is -1.20. The van der Waals surface area contributed by atoms with Crippen LogP contribution in [-0.4, -0.2) is 15.0 Å². The Bertz CT molecular complexity index is 310. The number of carbonyl (C=O) groups is 1. The maximum Gasteiger partial charge on any atom is 0.124 e. The lowest BCUT2D eigenvalue weighted by atomic mass is 10.1. The molecule has 0 saturated heterocycles. The molecule has 1 unspecified atom stereocenters. The number of rotatable bonds is 4. The molecular formula is C8H8NO3S-. The van der Waals surface area contributed by atoms with Crippen LogP contribution in [0.15, 0.2) is 24.3 Å². The zero-order chi connectivity index (χ0) is 9.68. The summed E-state index contributed by atoms with van der Waals surface area (Å²) in [4.78, 5) is 10.1. The number of anilines is 1. The van der Waals surface area contributed by atoms with Gasteiger partial charge in [0.15, 0.2) is 0 Å². The minimum Gasteiger partial charge on any atom is -0.755 e. The van der Waals surface area contributed by atoms with Gasteiger partial charge >= 0.3 is 0 Å². The van der Waals surface area contributed by atoms with Crippen LogP contribution in [0.1, 0.15) is 5.56 Å². The molecule has 5 heteroatoms. The van der Waals surface area contributed by atoms with Crippen molar-refractivity contribution in [1.82, 2.24) is 0 Å². The minimum absolute atomic E-state index is 0.348. The summed E-state index contributed by atoms with van der Waals surface area (Å²) >= 11 is -2.30. The van der Waals surface area contributed by atoms with Crippen LogP contribution in [0, 0.1) is 0 Å². The molecule has 0 aliphatic rings. The SMILES string of the molecule is O=CCc1ccc(NS(=O)[O-])cc1. The zero-order valence-corrected chi connectivity index (χ0v) is 7.54. The number of nitrogens with one attached hydrogen (secondary N) is 1. The Morgan fingerprint density at radius 1 is 1.38 bits per heavy atom. The molecule has 0 heterocycles. The average molecular weight is 198 g/mol. The van der Waals surface area contributed by atoms with Crippen molar-refractivity contribution >= 4 is 23.2 Å². The Labute approximate surface area is 78.4 Å². The molecule has 0 aromatic heterocycles. The molecular weight excluding hydrogens is 190 g/mol. The molecule has 1 N–H and O–H groups in total. The first-order valence-electron chi connectivity index (χ1n) is 3.61. The van der Waals surface area contributed by atoms with E-state index in [0.717, 1.165) is 11.8 Å². The molecule has 0 fully saturated rings. The molecule has 4 nitrogen and oxygen atoms in total. The van der Waals surface area contributed by atoms with E-state index < -0.39 is 11.3 Å². The van der Waals surface area contributed by atoms with Crippen molar-refractivity contribution in [2.45, 2.75) is 6.42 Å². The highest BCUT2D eigenvalue weighted by Gasteiger charge is 1.92. The number of carbonyl (C=O) groups excluding carboxylic acids is 1. The van der Waals surface area contributed by atoms with Crippen LogP contribution in [0.25, 0.3) is 0 Å². The molecule has 0 aliphatic heterocycles. The smallest absolute Gasteiger partial charge is 0.124 e. The topological polar surface area (TPSA) is 69.2 Å². The molecule has 1 rings (SSSR count). The quantitative estimate of drug-likeness (QED) is 0.570. The van der Waals surface area contributed by atoms with Gasteiger partial charge in [-0.05, 0) is 17.7 Å². The highest BCUT2D eigenvalue weighted by molar-refractivity contribution is 7.80. The Balaban J connectivity index is 2.69. The lowest BCUT2D eigenvalue weighted by Crippen LogP contribution is -2.01. The van der Waals surface area contributed by atoms with E-state index >= 15 is 0 Å². The summed E-state index contributed by atoms with van der Waals surface area (Å²) in [6.07, 6.45) is 1.15. The minimum atomic E-state index is -2.30. The summed E-state index contributed by atoms with van der Waals surface area (Å²) in [6.45, 7) is 0. The highest BCUT2D eigenvalue weighted by atomic mass is 32.2. The molecule has 0 saturated carbocycles. The first-order chi connectivity index (χ1) is 6.22. The van der Waals surface area contributed by atoms with E-state index in [4.69, 9.17) is 0 Å². The van der Waals surface area contributed by atoms with Gasteiger partial charge in [0, 0.05) is 23.4 Å². The third-order valence-corrected chi connectivity index (χ3v) is 1.88. The average Bonchev–Trinajstić information content (AvgIpc) is 2.08. The fourth-order valence-electron chi connectivity index (χ4n) is 0.901. The fraction of sp³-hybridized carbons (Fsp3) is 0.125.